The van der Waals surface area contributed by atoms with Gasteiger partial charge in [-0.2, -0.15) is 0 Å². The van der Waals surface area contributed by atoms with Crippen LogP contribution in [0.2, 0.25) is 0 Å². The minimum atomic E-state index is 0.287. The van der Waals surface area contributed by atoms with Gasteiger partial charge in [-0.05, 0) is 77.2 Å². The van der Waals surface area contributed by atoms with Crippen LogP contribution in [0.25, 0.3) is 38.5 Å². The molecule has 2 nitrogen and oxygen atoms in total. The second-order valence-electron chi connectivity index (χ2n) is 11.4. The summed E-state index contributed by atoms with van der Waals surface area (Å²) in [4.78, 5) is 2.32. The smallest absolute Gasteiger partial charge is 0.0560 e. The van der Waals surface area contributed by atoms with Gasteiger partial charge in [0.1, 0.15) is 0 Å². The zero-order valence-electron chi connectivity index (χ0n) is 24.4. The highest BCUT2D eigenvalue weighted by molar-refractivity contribution is 6.08. The zero-order valence-corrected chi connectivity index (χ0v) is 24.4. The summed E-state index contributed by atoms with van der Waals surface area (Å²) in [5.41, 5.74) is 10.9. The second-order valence-corrected chi connectivity index (χ2v) is 11.4. The van der Waals surface area contributed by atoms with Crippen LogP contribution in [0.5, 0.6) is 0 Å². The molecule has 1 unspecified atom stereocenters. The molecule has 2 heteroatoms. The number of para-hydroxylation sites is 3. The molecule has 1 atom stereocenters. The average Bonchev–Trinajstić information content (AvgIpc) is 3.44. The van der Waals surface area contributed by atoms with E-state index in [-0.39, 0.29) is 6.04 Å². The van der Waals surface area contributed by atoms with Crippen molar-refractivity contribution >= 4 is 44.4 Å². The molecule has 6 aromatic carbocycles. The van der Waals surface area contributed by atoms with Crippen LogP contribution < -0.4 is 4.90 Å². The van der Waals surface area contributed by atoms with Crippen molar-refractivity contribution in [2.75, 3.05) is 4.90 Å². The maximum absolute atomic E-state index is 2.50. The first-order valence-corrected chi connectivity index (χ1v) is 15.3. The largest absolute Gasteiger partial charge is 0.333 e. The van der Waals surface area contributed by atoms with Crippen molar-refractivity contribution in [1.29, 1.82) is 0 Å². The van der Waals surface area contributed by atoms with Crippen LogP contribution in [0.1, 0.15) is 18.0 Å². The first kappa shape index (κ1) is 26.1. The van der Waals surface area contributed by atoms with E-state index in [0.29, 0.717) is 0 Å². The van der Waals surface area contributed by atoms with Crippen molar-refractivity contribution in [3.8, 4) is 11.1 Å². The van der Waals surface area contributed by atoms with Crippen molar-refractivity contribution in [2.45, 2.75) is 12.5 Å². The third-order valence-corrected chi connectivity index (χ3v) is 8.73. The number of rotatable bonds is 6. The van der Waals surface area contributed by atoms with Crippen molar-refractivity contribution in [1.82, 2.24) is 4.57 Å². The molecule has 0 aliphatic heterocycles. The highest BCUT2D eigenvalue weighted by Crippen LogP contribution is 2.38. The van der Waals surface area contributed by atoms with Crippen molar-refractivity contribution < 1.29 is 0 Å². The molecule has 1 aliphatic carbocycles. The Hall–Kier alpha value is -5.60. The molecule has 0 bridgehead atoms. The van der Waals surface area contributed by atoms with E-state index in [9.17, 15) is 0 Å². The van der Waals surface area contributed by atoms with Crippen molar-refractivity contribution in [3.63, 3.8) is 0 Å². The Bertz CT molecular complexity index is 2060. The van der Waals surface area contributed by atoms with Gasteiger partial charge in [0.2, 0.25) is 0 Å². The van der Waals surface area contributed by atoms with E-state index in [1.807, 2.05) is 0 Å². The Morgan fingerprint density at radius 3 is 1.50 bits per heavy atom. The molecule has 7 aromatic rings. The summed E-state index contributed by atoms with van der Waals surface area (Å²) in [6.45, 7) is 0. The van der Waals surface area contributed by atoms with Crippen LogP contribution >= 0.6 is 0 Å². The third kappa shape index (κ3) is 4.71. The fraction of sp³-hybridized carbons (Fsp3) is 0.0476. The summed E-state index contributed by atoms with van der Waals surface area (Å²) >= 11 is 0. The molecule has 210 valence electrons. The summed E-state index contributed by atoms with van der Waals surface area (Å²) in [5, 5.41) is 2.64. The minimum Gasteiger partial charge on any atom is -0.333 e. The number of aromatic nitrogens is 1. The van der Waals surface area contributed by atoms with Gasteiger partial charge >= 0.3 is 0 Å². The van der Waals surface area contributed by atoms with Gasteiger partial charge in [-0.15, -0.1) is 0 Å². The summed E-state index contributed by atoms with van der Waals surface area (Å²) in [6.07, 6.45) is 8.01. The standard InChI is InChI=1S/C42H32N2/c1-3-11-31(12-4-1)32-19-25-36(26-20-32)43(35-13-5-2-6-14-35)37-27-21-33(22-28-37)34-23-29-38(30-24-34)44-41-17-9-7-15-39(41)40-16-8-10-18-42(40)44/h1-29,38H,30H2. The summed E-state index contributed by atoms with van der Waals surface area (Å²) in [5.74, 6) is 0. The van der Waals surface area contributed by atoms with E-state index < -0.39 is 0 Å². The molecule has 8 rings (SSSR count). The Labute approximate surface area is 258 Å². The monoisotopic (exact) mass is 564 g/mol. The molecule has 0 fully saturated rings. The van der Waals surface area contributed by atoms with Crippen molar-refractivity contribution in [2.24, 2.45) is 0 Å². The number of allylic oxidation sites excluding steroid dienone is 4. The fourth-order valence-electron chi connectivity index (χ4n) is 6.59. The predicted octanol–water partition coefficient (Wildman–Crippen LogP) is 11.5. The average molecular weight is 565 g/mol. The first-order chi connectivity index (χ1) is 21.8. The highest BCUT2D eigenvalue weighted by atomic mass is 15.1. The van der Waals surface area contributed by atoms with E-state index in [2.05, 4.69) is 185 Å². The van der Waals surface area contributed by atoms with Crippen molar-refractivity contribution in [3.05, 3.63) is 182 Å². The Kier molecular flexibility index (Phi) is 6.66. The lowest BCUT2D eigenvalue weighted by molar-refractivity contribution is 0.649. The molecule has 0 spiro atoms. The van der Waals surface area contributed by atoms with Gasteiger partial charge in [-0.1, -0.05) is 127 Å². The molecule has 44 heavy (non-hydrogen) atoms. The van der Waals surface area contributed by atoms with E-state index in [4.69, 9.17) is 0 Å². The number of hydrogen-bond acceptors (Lipinski definition) is 1. The lowest BCUT2D eigenvalue weighted by Gasteiger charge is -2.26. The first-order valence-electron chi connectivity index (χ1n) is 15.3. The molecule has 1 aromatic heterocycles. The molecule has 0 amide bonds. The number of nitrogens with zero attached hydrogens (tertiary/aromatic N) is 2. The third-order valence-electron chi connectivity index (χ3n) is 8.73. The van der Waals surface area contributed by atoms with Crippen LogP contribution in [-0.4, -0.2) is 4.57 Å². The van der Waals surface area contributed by atoms with E-state index in [1.54, 1.807) is 0 Å². The summed E-state index contributed by atoms with van der Waals surface area (Å²) in [7, 11) is 0. The Morgan fingerprint density at radius 2 is 0.932 bits per heavy atom. The molecule has 0 N–H and O–H groups in total. The molecule has 0 saturated carbocycles. The fourth-order valence-corrected chi connectivity index (χ4v) is 6.59. The lowest BCUT2D eigenvalue weighted by atomic mass is 9.96. The van der Waals surface area contributed by atoms with Gasteiger partial charge in [-0.25, -0.2) is 0 Å². The number of hydrogen-bond donors (Lipinski definition) is 0. The second kappa shape index (κ2) is 11.2. The van der Waals surface area contributed by atoms with Gasteiger partial charge in [0.05, 0.1) is 6.04 Å². The Morgan fingerprint density at radius 1 is 0.455 bits per heavy atom. The normalized spacial score (nSPS) is 14.5. The van der Waals surface area contributed by atoms with E-state index in [0.717, 1.165) is 23.5 Å². The van der Waals surface area contributed by atoms with E-state index >= 15 is 0 Å². The molecule has 1 heterocycles. The van der Waals surface area contributed by atoms with Crippen LogP contribution in [-0.2, 0) is 0 Å². The zero-order chi connectivity index (χ0) is 29.3. The van der Waals surface area contributed by atoms with E-state index in [1.165, 1.54) is 44.1 Å². The number of anilines is 3. The SMILES string of the molecule is C1=CC(n2c3ccccc3c3ccccc32)CC=C1c1ccc(N(c2ccccc2)c2ccc(-c3ccccc3)cc2)cc1. The molecule has 0 saturated heterocycles. The van der Waals surface area contributed by atoms with Gasteiger partial charge in [0.15, 0.2) is 0 Å². The van der Waals surface area contributed by atoms with Crippen LogP contribution in [0.15, 0.2) is 176 Å². The topological polar surface area (TPSA) is 8.17 Å². The van der Waals surface area contributed by atoms with Gasteiger partial charge in [-0.3, -0.25) is 0 Å². The summed E-state index contributed by atoms with van der Waals surface area (Å²) in [6, 6.07) is 56.8. The molecule has 0 radical (unpaired) electrons. The molecular formula is C42H32N2. The highest BCUT2D eigenvalue weighted by Gasteiger charge is 2.18. The quantitative estimate of drug-likeness (QED) is 0.195. The van der Waals surface area contributed by atoms with Crippen LogP contribution in [0.4, 0.5) is 17.1 Å². The van der Waals surface area contributed by atoms with Crippen LogP contribution in [0.3, 0.4) is 0 Å². The number of benzene rings is 6. The predicted molar refractivity (Wildman–Crippen MR) is 187 cm³/mol. The molecule has 1 aliphatic rings. The lowest BCUT2D eigenvalue weighted by Crippen LogP contribution is -2.10. The van der Waals surface area contributed by atoms with Gasteiger partial charge < -0.3 is 9.47 Å². The minimum absolute atomic E-state index is 0.287. The maximum atomic E-state index is 2.50. The summed E-state index contributed by atoms with van der Waals surface area (Å²) < 4.78 is 2.50. The van der Waals surface area contributed by atoms with Gasteiger partial charge in [0.25, 0.3) is 0 Å². The number of fused-ring (bicyclic) bond motifs is 3. The van der Waals surface area contributed by atoms with Gasteiger partial charge in [0, 0.05) is 38.9 Å². The molecular weight excluding hydrogens is 532 g/mol. The maximum Gasteiger partial charge on any atom is 0.0560 e. The Balaban J connectivity index is 1.08. The van der Waals surface area contributed by atoms with Crippen LogP contribution in [0, 0.1) is 0 Å².